The molecule has 98 valence electrons. The monoisotopic (exact) mass is 250 g/mol. The summed E-state index contributed by atoms with van der Waals surface area (Å²) in [5.74, 6) is -0.262. The molecule has 4 nitrogen and oxygen atoms in total. The number of rotatable bonds is 7. The van der Waals surface area contributed by atoms with E-state index in [0.717, 1.165) is 11.6 Å². The fourth-order valence-corrected chi connectivity index (χ4v) is 1.32. The van der Waals surface area contributed by atoms with Gasteiger partial charge < -0.3 is 14.6 Å². The fourth-order valence-electron chi connectivity index (χ4n) is 1.32. The Bertz CT molecular complexity index is 410. The van der Waals surface area contributed by atoms with Crippen molar-refractivity contribution in [3.05, 3.63) is 35.9 Å². The SMILES string of the molecule is CC(C)OCCOc1cccc(C=CC(=O)O)c1. The van der Waals surface area contributed by atoms with Crippen LogP contribution in [-0.2, 0) is 9.53 Å². The first kappa shape index (κ1) is 14.3. The largest absolute Gasteiger partial charge is 0.491 e. The summed E-state index contributed by atoms with van der Waals surface area (Å²) in [6.07, 6.45) is 2.82. The third kappa shape index (κ3) is 6.06. The molecule has 0 aliphatic heterocycles. The molecule has 1 aromatic rings. The lowest BCUT2D eigenvalue weighted by molar-refractivity contribution is -0.131. The summed E-state index contributed by atoms with van der Waals surface area (Å²) in [4.78, 5) is 10.4. The molecule has 0 spiro atoms. The van der Waals surface area contributed by atoms with Gasteiger partial charge in [-0.1, -0.05) is 12.1 Å². The zero-order valence-electron chi connectivity index (χ0n) is 10.6. The Morgan fingerprint density at radius 2 is 2.17 bits per heavy atom. The number of aliphatic carboxylic acids is 1. The van der Waals surface area contributed by atoms with E-state index in [0.29, 0.717) is 19.0 Å². The van der Waals surface area contributed by atoms with Gasteiger partial charge in [-0.2, -0.15) is 0 Å². The van der Waals surface area contributed by atoms with E-state index in [1.165, 1.54) is 6.08 Å². The van der Waals surface area contributed by atoms with Crippen LogP contribution in [-0.4, -0.2) is 30.4 Å². The highest BCUT2D eigenvalue weighted by Crippen LogP contribution is 2.14. The Morgan fingerprint density at radius 1 is 1.39 bits per heavy atom. The lowest BCUT2D eigenvalue weighted by Gasteiger charge is -2.09. The topological polar surface area (TPSA) is 55.8 Å². The van der Waals surface area contributed by atoms with Crippen LogP contribution in [0.2, 0.25) is 0 Å². The van der Waals surface area contributed by atoms with Gasteiger partial charge in [0, 0.05) is 6.08 Å². The second-order valence-corrected chi connectivity index (χ2v) is 4.01. The quantitative estimate of drug-likeness (QED) is 0.597. The summed E-state index contributed by atoms with van der Waals surface area (Å²) in [5.41, 5.74) is 0.791. The standard InChI is InChI=1S/C14H18O4/c1-11(2)17-8-9-18-13-5-3-4-12(10-13)6-7-14(15)16/h3-7,10-11H,8-9H2,1-2H3,(H,15,16). The maximum absolute atomic E-state index is 10.4. The molecule has 0 fully saturated rings. The number of carboxylic acid groups (broad SMARTS) is 1. The Hall–Kier alpha value is -1.81. The number of ether oxygens (including phenoxy) is 2. The number of carbonyl (C=O) groups is 1. The molecule has 0 aliphatic carbocycles. The van der Waals surface area contributed by atoms with Crippen LogP contribution in [0.1, 0.15) is 19.4 Å². The third-order valence-corrected chi connectivity index (χ3v) is 2.08. The minimum absolute atomic E-state index is 0.193. The molecule has 0 amide bonds. The normalized spacial score (nSPS) is 11.1. The molecule has 1 rings (SSSR count). The molecule has 18 heavy (non-hydrogen) atoms. The van der Waals surface area contributed by atoms with Crippen molar-refractivity contribution in [2.24, 2.45) is 0 Å². The maximum atomic E-state index is 10.4. The van der Waals surface area contributed by atoms with Crippen molar-refractivity contribution in [1.29, 1.82) is 0 Å². The van der Waals surface area contributed by atoms with Crippen LogP contribution in [0.15, 0.2) is 30.3 Å². The van der Waals surface area contributed by atoms with Gasteiger partial charge in [0.15, 0.2) is 0 Å². The molecule has 0 aliphatic rings. The van der Waals surface area contributed by atoms with Gasteiger partial charge in [-0.25, -0.2) is 4.79 Å². The minimum atomic E-state index is -0.966. The van der Waals surface area contributed by atoms with Crippen LogP contribution in [0.5, 0.6) is 5.75 Å². The van der Waals surface area contributed by atoms with Crippen molar-refractivity contribution in [3.63, 3.8) is 0 Å². The first-order chi connectivity index (χ1) is 8.58. The van der Waals surface area contributed by atoms with E-state index in [1.54, 1.807) is 6.07 Å². The van der Waals surface area contributed by atoms with Crippen molar-refractivity contribution in [1.82, 2.24) is 0 Å². The van der Waals surface area contributed by atoms with Crippen LogP contribution in [0.3, 0.4) is 0 Å². The van der Waals surface area contributed by atoms with Gasteiger partial charge >= 0.3 is 5.97 Å². The molecular weight excluding hydrogens is 232 g/mol. The third-order valence-electron chi connectivity index (χ3n) is 2.08. The second-order valence-electron chi connectivity index (χ2n) is 4.01. The first-order valence-corrected chi connectivity index (χ1v) is 5.83. The van der Waals surface area contributed by atoms with E-state index in [9.17, 15) is 4.79 Å². The van der Waals surface area contributed by atoms with Crippen LogP contribution in [0.25, 0.3) is 6.08 Å². The second kappa shape index (κ2) is 7.50. The molecule has 0 heterocycles. The van der Waals surface area contributed by atoms with Gasteiger partial charge in [0.05, 0.1) is 12.7 Å². The average Bonchev–Trinajstić information content (AvgIpc) is 2.32. The first-order valence-electron chi connectivity index (χ1n) is 5.83. The number of hydrogen-bond acceptors (Lipinski definition) is 3. The summed E-state index contributed by atoms with van der Waals surface area (Å²) < 4.78 is 10.9. The van der Waals surface area contributed by atoms with Crippen LogP contribution >= 0.6 is 0 Å². The Morgan fingerprint density at radius 3 is 2.83 bits per heavy atom. The Kier molecular flexibility index (Phi) is 5.94. The lowest BCUT2D eigenvalue weighted by atomic mass is 10.2. The van der Waals surface area contributed by atoms with E-state index in [-0.39, 0.29) is 6.10 Å². The number of carboxylic acids is 1. The molecule has 0 bridgehead atoms. The zero-order valence-corrected chi connectivity index (χ0v) is 10.6. The van der Waals surface area contributed by atoms with Crippen LogP contribution in [0.4, 0.5) is 0 Å². The molecule has 0 saturated heterocycles. The maximum Gasteiger partial charge on any atom is 0.328 e. The Balaban J connectivity index is 2.47. The molecule has 0 aromatic heterocycles. The van der Waals surface area contributed by atoms with Crippen LogP contribution in [0, 0.1) is 0 Å². The summed E-state index contributed by atoms with van der Waals surface area (Å²) in [5, 5.41) is 8.53. The minimum Gasteiger partial charge on any atom is -0.491 e. The van der Waals surface area contributed by atoms with Crippen molar-refractivity contribution in [3.8, 4) is 5.75 Å². The smallest absolute Gasteiger partial charge is 0.328 e. The highest BCUT2D eigenvalue weighted by atomic mass is 16.5. The fraction of sp³-hybridized carbons (Fsp3) is 0.357. The number of hydrogen-bond donors (Lipinski definition) is 1. The summed E-state index contributed by atoms with van der Waals surface area (Å²) >= 11 is 0. The van der Waals surface area contributed by atoms with Gasteiger partial charge in [0.2, 0.25) is 0 Å². The van der Waals surface area contributed by atoms with E-state index < -0.39 is 5.97 Å². The van der Waals surface area contributed by atoms with E-state index in [2.05, 4.69) is 0 Å². The molecule has 0 radical (unpaired) electrons. The summed E-state index contributed by atoms with van der Waals surface area (Å²) in [6, 6.07) is 7.25. The molecule has 1 N–H and O–H groups in total. The summed E-state index contributed by atoms with van der Waals surface area (Å²) in [6.45, 7) is 4.95. The molecule has 0 unspecified atom stereocenters. The molecular formula is C14H18O4. The van der Waals surface area contributed by atoms with Crippen molar-refractivity contribution in [2.75, 3.05) is 13.2 Å². The van der Waals surface area contributed by atoms with Crippen molar-refractivity contribution in [2.45, 2.75) is 20.0 Å². The predicted octanol–water partition coefficient (Wildman–Crippen LogP) is 2.59. The molecule has 1 aromatic carbocycles. The van der Waals surface area contributed by atoms with Gasteiger partial charge in [-0.15, -0.1) is 0 Å². The highest BCUT2D eigenvalue weighted by molar-refractivity contribution is 5.85. The zero-order chi connectivity index (χ0) is 13.4. The highest BCUT2D eigenvalue weighted by Gasteiger charge is 1.97. The summed E-state index contributed by atoms with van der Waals surface area (Å²) in [7, 11) is 0. The average molecular weight is 250 g/mol. The van der Waals surface area contributed by atoms with Crippen molar-refractivity contribution < 1.29 is 19.4 Å². The van der Waals surface area contributed by atoms with E-state index in [1.807, 2.05) is 32.0 Å². The van der Waals surface area contributed by atoms with E-state index in [4.69, 9.17) is 14.6 Å². The number of benzene rings is 1. The van der Waals surface area contributed by atoms with Crippen LogP contribution < -0.4 is 4.74 Å². The molecule has 4 heteroatoms. The van der Waals surface area contributed by atoms with Crippen molar-refractivity contribution >= 4 is 12.0 Å². The van der Waals surface area contributed by atoms with Gasteiger partial charge in [0.25, 0.3) is 0 Å². The molecule has 0 atom stereocenters. The van der Waals surface area contributed by atoms with Gasteiger partial charge in [-0.3, -0.25) is 0 Å². The van der Waals surface area contributed by atoms with E-state index >= 15 is 0 Å². The Labute approximate surface area is 107 Å². The molecule has 0 saturated carbocycles. The van der Waals surface area contributed by atoms with Gasteiger partial charge in [-0.05, 0) is 37.6 Å². The lowest BCUT2D eigenvalue weighted by Crippen LogP contribution is -2.11. The van der Waals surface area contributed by atoms with Gasteiger partial charge in [0.1, 0.15) is 12.4 Å². The predicted molar refractivity (Wildman–Crippen MR) is 69.7 cm³/mol.